The number of carbonyl (C=O) groups excluding carboxylic acids is 1. The number of alkyl halides is 2. The second-order valence-electron chi connectivity index (χ2n) is 4.25. The van der Waals surface area contributed by atoms with Gasteiger partial charge < -0.3 is 5.32 Å². The Morgan fingerprint density at radius 1 is 1.50 bits per heavy atom. The highest BCUT2D eigenvalue weighted by Crippen LogP contribution is 2.60. The van der Waals surface area contributed by atoms with Gasteiger partial charge in [-0.3, -0.25) is 9.78 Å². The molecule has 1 N–H and O–H groups in total. The van der Waals surface area contributed by atoms with Gasteiger partial charge in [-0.25, -0.2) is 8.78 Å². The molecule has 5 heteroatoms. The molecule has 0 aromatic carbocycles. The monoisotopic (exact) mass is 226 g/mol. The van der Waals surface area contributed by atoms with E-state index in [9.17, 15) is 13.6 Å². The van der Waals surface area contributed by atoms with E-state index >= 15 is 0 Å². The number of aromatic nitrogens is 1. The number of hydrogen-bond donors (Lipinski definition) is 1. The third-order valence-corrected chi connectivity index (χ3v) is 2.96. The SMILES string of the molecule is CC1(C(=O)NCc2ccncc2)CC1(F)F. The number of hydrogen-bond acceptors (Lipinski definition) is 2. The Hall–Kier alpha value is -1.52. The number of carbonyl (C=O) groups is 1. The highest BCUT2D eigenvalue weighted by molar-refractivity contribution is 5.86. The Labute approximate surface area is 91.9 Å². The van der Waals surface area contributed by atoms with Crippen molar-refractivity contribution in [1.82, 2.24) is 10.3 Å². The molecule has 1 aromatic rings. The number of nitrogens with one attached hydrogen (secondary N) is 1. The zero-order chi connectivity index (χ0) is 11.8. The van der Waals surface area contributed by atoms with E-state index < -0.39 is 17.2 Å². The topological polar surface area (TPSA) is 42.0 Å². The molecule has 1 atom stereocenters. The van der Waals surface area contributed by atoms with E-state index in [-0.39, 0.29) is 13.0 Å². The summed E-state index contributed by atoms with van der Waals surface area (Å²) in [5.74, 6) is -3.44. The molecule has 2 rings (SSSR count). The first kappa shape index (κ1) is 11.0. The summed E-state index contributed by atoms with van der Waals surface area (Å²) in [4.78, 5) is 15.3. The zero-order valence-corrected chi connectivity index (χ0v) is 8.84. The minimum atomic E-state index is -2.85. The lowest BCUT2D eigenvalue weighted by Gasteiger charge is -2.10. The van der Waals surface area contributed by atoms with Gasteiger partial charge in [0.15, 0.2) is 0 Å². The Morgan fingerprint density at radius 2 is 2.06 bits per heavy atom. The van der Waals surface area contributed by atoms with Crippen molar-refractivity contribution in [3.8, 4) is 0 Å². The normalized spacial score (nSPS) is 26.2. The Balaban J connectivity index is 1.91. The number of halogens is 2. The van der Waals surface area contributed by atoms with E-state index in [2.05, 4.69) is 10.3 Å². The molecule has 1 heterocycles. The van der Waals surface area contributed by atoms with Crippen LogP contribution in [0, 0.1) is 5.41 Å². The first-order valence-electron chi connectivity index (χ1n) is 5.01. The number of amides is 1. The summed E-state index contributed by atoms with van der Waals surface area (Å²) in [6.07, 6.45) is 2.83. The predicted molar refractivity (Wildman–Crippen MR) is 53.8 cm³/mol. The van der Waals surface area contributed by atoms with E-state index in [1.165, 1.54) is 6.92 Å². The van der Waals surface area contributed by atoms with E-state index in [1.54, 1.807) is 24.5 Å². The lowest BCUT2D eigenvalue weighted by molar-refractivity contribution is -0.129. The number of pyridine rings is 1. The van der Waals surface area contributed by atoms with Gasteiger partial charge in [0.05, 0.1) is 0 Å². The van der Waals surface area contributed by atoms with Crippen LogP contribution in [-0.2, 0) is 11.3 Å². The quantitative estimate of drug-likeness (QED) is 0.853. The second-order valence-corrected chi connectivity index (χ2v) is 4.25. The van der Waals surface area contributed by atoms with Gasteiger partial charge in [0.1, 0.15) is 5.41 Å². The van der Waals surface area contributed by atoms with E-state index in [0.29, 0.717) is 0 Å². The van der Waals surface area contributed by atoms with Gasteiger partial charge in [-0.05, 0) is 24.6 Å². The van der Waals surface area contributed by atoms with Crippen molar-refractivity contribution in [2.75, 3.05) is 0 Å². The zero-order valence-electron chi connectivity index (χ0n) is 8.84. The van der Waals surface area contributed by atoms with E-state index in [1.807, 2.05) is 0 Å². The van der Waals surface area contributed by atoms with E-state index in [0.717, 1.165) is 5.56 Å². The van der Waals surface area contributed by atoms with Gasteiger partial charge in [0, 0.05) is 25.4 Å². The summed E-state index contributed by atoms with van der Waals surface area (Å²) >= 11 is 0. The molecule has 1 saturated carbocycles. The lowest BCUT2D eigenvalue weighted by atomic mass is 10.1. The van der Waals surface area contributed by atoms with Crippen LogP contribution in [0.4, 0.5) is 8.78 Å². The molecular weight excluding hydrogens is 214 g/mol. The van der Waals surface area contributed by atoms with Crippen LogP contribution < -0.4 is 5.32 Å². The van der Waals surface area contributed by atoms with Crippen LogP contribution in [0.2, 0.25) is 0 Å². The highest BCUT2D eigenvalue weighted by atomic mass is 19.3. The summed E-state index contributed by atoms with van der Waals surface area (Å²) in [6.45, 7) is 1.54. The fourth-order valence-corrected chi connectivity index (χ4v) is 1.52. The van der Waals surface area contributed by atoms with Crippen LogP contribution in [0.3, 0.4) is 0 Å². The summed E-state index contributed by atoms with van der Waals surface area (Å²) in [6, 6.07) is 3.46. The molecule has 1 fully saturated rings. The van der Waals surface area contributed by atoms with Gasteiger partial charge in [-0.1, -0.05) is 0 Å². The molecule has 1 aliphatic carbocycles. The second kappa shape index (κ2) is 3.50. The number of nitrogens with zero attached hydrogens (tertiary/aromatic N) is 1. The summed E-state index contributed by atoms with van der Waals surface area (Å²) in [5, 5.41) is 2.51. The van der Waals surface area contributed by atoms with Crippen LogP contribution in [-0.4, -0.2) is 16.8 Å². The summed E-state index contributed by atoms with van der Waals surface area (Å²) < 4.78 is 25.8. The van der Waals surface area contributed by atoms with Gasteiger partial charge >= 0.3 is 0 Å². The molecule has 16 heavy (non-hydrogen) atoms. The van der Waals surface area contributed by atoms with Crippen molar-refractivity contribution in [3.63, 3.8) is 0 Å². The summed E-state index contributed by atoms with van der Waals surface area (Å²) in [7, 11) is 0. The molecule has 86 valence electrons. The largest absolute Gasteiger partial charge is 0.351 e. The van der Waals surface area contributed by atoms with Gasteiger partial charge in [-0.2, -0.15) is 0 Å². The molecular formula is C11H12F2N2O. The van der Waals surface area contributed by atoms with Crippen LogP contribution >= 0.6 is 0 Å². The fourth-order valence-electron chi connectivity index (χ4n) is 1.52. The van der Waals surface area contributed by atoms with Crippen LogP contribution in [0.25, 0.3) is 0 Å². The predicted octanol–water partition coefficient (Wildman–Crippen LogP) is 1.74. The van der Waals surface area contributed by atoms with Crippen molar-refractivity contribution >= 4 is 5.91 Å². The van der Waals surface area contributed by atoms with Crippen molar-refractivity contribution in [1.29, 1.82) is 0 Å². The molecule has 0 saturated heterocycles. The Bertz CT molecular complexity index is 408. The minimum Gasteiger partial charge on any atom is -0.351 e. The van der Waals surface area contributed by atoms with Gasteiger partial charge in [0.25, 0.3) is 5.92 Å². The van der Waals surface area contributed by atoms with Crippen molar-refractivity contribution in [3.05, 3.63) is 30.1 Å². The highest BCUT2D eigenvalue weighted by Gasteiger charge is 2.72. The third-order valence-electron chi connectivity index (χ3n) is 2.96. The molecule has 0 radical (unpaired) electrons. The first-order chi connectivity index (χ1) is 7.46. The van der Waals surface area contributed by atoms with Crippen molar-refractivity contribution < 1.29 is 13.6 Å². The molecule has 1 aromatic heterocycles. The molecule has 1 unspecified atom stereocenters. The Morgan fingerprint density at radius 3 is 2.56 bits per heavy atom. The molecule has 3 nitrogen and oxygen atoms in total. The fraction of sp³-hybridized carbons (Fsp3) is 0.455. The Kier molecular flexibility index (Phi) is 2.40. The smallest absolute Gasteiger partial charge is 0.263 e. The average molecular weight is 226 g/mol. The molecule has 0 bridgehead atoms. The maximum atomic E-state index is 12.9. The summed E-state index contributed by atoms with van der Waals surface area (Å²) in [5.41, 5.74) is -0.670. The number of rotatable bonds is 3. The van der Waals surface area contributed by atoms with Gasteiger partial charge in [0.2, 0.25) is 5.91 Å². The first-order valence-corrected chi connectivity index (χ1v) is 5.01. The molecule has 0 aliphatic heterocycles. The average Bonchev–Trinajstić information content (AvgIpc) is 2.78. The van der Waals surface area contributed by atoms with Crippen LogP contribution in [0.15, 0.2) is 24.5 Å². The molecule has 1 aliphatic rings. The standard InChI is InChI=1S/C11H12F2N2O/c1-10(7-11(10,12)13)9(16)15-6-8-2-4-14-5-3-8/h2-5H,6-7H2,1H3,(H,15,16). The van der Waals surface area contributed by atoms with Crippen LogP contribution in [0.5, 0.6) is 0 Å². The van der Waals surface area contributed by atoms with Crippen molar-refractivity contribution in [2.45, 2.75) is 25.8 Å². The maximum absolute atomic E-state index is 12.9. The molecule has 1 amide bonds. The van der Waals surface area contributed by atoms with Crippen molar-refractivity contribution in [2.24, 2.45) is 5.41 Å². The van der Waals surface area contributed by atoms with Gasteiger partial charge in [-0.15, -0.1) is 0 Å². The van der Waals surface area contributed by atoms with Crippen LogP contribution in [0.1, 0.15) is 18.9 Å². The molecule has 0 spiro atoms. The maximum Gasteiger partial charge on any atom is 0.263 e. The minimum absolute atomic E-state index is 0.257. The van der Waals surface area contributed by atoms with E-state index in [4.69, 9.17) is 0 Å². The lowest BCUT2D eigenvalue weighted by Crippen LogP contribution is -2.33. The third kappa shape index (κ3) is 1.77.